The maximum absolute atomic E-state index is 11.8. The third-order valence-electron chi connectivity index (χ3n) is 4.13. The van der Waals surface area contributed by atoms with Crippen molar-refractivity contribution in [3.8, 4) is 0 Å². The lowest BCUT2D eigenvalue weighted by atomic mass is 9.92. The molecule has 7 nitrogen and oxygen atoms in total. The van der Waals surface area contributed by atoms with Crippen molar-refractivity contribution < 1.29 is 29.3 Å². The standard InChI is InChI=1S/C11H21NO4.C7H14O2/c1-5-8(7(2)3)10(14)12-9(6-13)11(15)16-4;1-4-6(5(2)3)7(8)9/h7-9,13H,5-6H2,1-4H3,(H,12,14);5-6H,4H2,1-3H3,(H,8,9)/t8-,9?;6-/m11/s1. The highest BCUT2D eigenvalue weighted by Gasteiger charge is 2.26. The Labute approximate surface area is 151 Å². The van der Waals surface area contributed by atoms with Crippen LogP contribution in [-0.2, 0) is 19.1 Å². The Hall–Kier alpha value is -1.63. The van der Waals surface area contributed by atoms with Crippen molar-refractivity contribution in [3.05, 3.63) is 0 Å². The van der Waals surface area contributed by atoms with E-state index in [0.717, 1.165) is 6.42 Å². The van der Waals surface area contributed by atoms with Gasteiger partial charge in [0.1, 0.15) is 0 Å². The number of hydrogen-bond acceptors (Lipinski definition) is 5. The molecule has 0 saturated heterocycles. The number of carbonyl (C=O) groups is 3. The topological polar surface area (TPSA) is 113 Å². The van der Waals surface area contributed by atoms with Crippen molar-refractivity contribution >= 4 is 17.8 Å². The zero-order valence-electron chi connectivity index (χ0n) is 16.5. The highest BCUT2D eigenvalue weighted by molar-refractivity contribution is 5.85. The first kappa shape index (κ1) is 25.6. The molecule has 148 valence electrons. The summed E-state index contributed by atoms with van der Waals surface area (Å²) < 4.78 is 4.46. The Kier molecular flexibility index (Phi) is 14.0. The minimum Gasteiger partial charge on any atom is -0.481 e. The van der Waals surface area contributed by atoms with E-state index >= 15 is 0 Å². The second kappa shape index (κ2) is 13.6. The molecule has 3 N–H and O–H groups in total. The fourth-order valence-corrected chi connectivity index (χ4v) is 2.49. The average Bonchev–Trinajstić information content (AvgIpc) is 2.52. The van der Waals surface area contributed by atoms with Gasteiger partial charge in [0.05, 0.1) is 19.6 Å². The third kappa shape index (κ3) is 10.1. The van der Waals surface area contributed by atoms with Gasteiger partial charge in [0.15, 0.2) is 6.04 Å². The second-order valence-corrected chi connectivity index (χ2v) is 6.62. The van der Waals surface area contributed by atoms with E-state index in [4.69, 9.17) is 10.2 Å². The van der Waals surface area contributed by atoms with E-state index in [1.54, 1.807) is 0 Å². The summed E-state index contributed by atoms with van der Waals surface area (Å²) in [5.41, 5.74) is 0. The van der Waals surface area contributed by atoms with Crippen LogP contribution in [0.5, 0.6) is 0 Å². The zero-order valence-corrected chi connectivity index (χ0v) is 16.5. The minimum absolute atomic E-state index is 0.154. The number of carbonyl (C=O) groups excluding carboxylic acids is 2. The van der Waals surface area contributed by atoms with Gasteiger partial charge in [-0.2, -0.15) is 0 Å². The molecule has 0 aromatic carbocycles. The lowest BCUT2D eigenvalue weighted by molar-refractivity contribution is -0.147. The molecular formula is C18H35NO6. The van der Waals surface area contributed by atoms with E-state index in [-0.39, 0.29) is 29.6 Å². The Balaban J connectivity index is 0. The molecule has 1 unspecified atom stereocenters. The number of rotatable bonds is 9. The molecule has 1 amide bonds. The predicted molar refractivity (Wildman–Crippen MR) is 95.9 cm³/mol. The molecule has 25 heavy (non-hydrogen) atoms. The molecule has 0 aromatic heterocycles. The molecule has 0 aliphatic rings. The smallest absolute Gasteiger partial charge is 0.330 e. The van der Waals surface area contributed by atoms with Gasteiger partial charge in [-0.15, -0.1) is 0 Å². The first-order valence-corrected chi connectivity index (χ1v) is 8.78. The lowest BCUT2D eigenvalue weighted by Gasteiger charge is -2.21. The van der Waals surface area contributed by atoms with Gasteiger partial charge in [-0.25, -0.2) is 4.79 Å². The van der Waals surface area contributed by atoms with Crippen molar-refractivity contribution in [2.45, 2.75) is 60.4 Å². The van der Waals surface area contributed by atoms with E-state index < -0.39 is 24.6 Å². The number of carboxylic acids is 1. The van der Waals surface area contributed by atoms with E-state index in [1.165, 1.54) is 7.11 Å². The quantitative estimate of drug-likeness (QED) is 0.542. The Morgan fingerprint density at radius 2 is 1.40 bits per heavy atom. The maximum Gasteiger partial charge on any atom is 0.330 e. The number of ether oxygens (including phenoxy) is 1. The number of aliphatic carboxylic acids is 1. The van der Waals surface area contributed by atoms with Gasteiger partial charge in [0.25, 0.3) is 0 Å². The zero-order chi connectivity index (χ0) is 20.2. The largest absolute Gasteiger partial charge is 0.481 e. The van der Waals surface area contributed by atoms with Crippen molar-refractivity contribution in [3.63, 3.8) is 0 Å². The molecule has 0 fully saturated rings. The molecule has 0 spiro atoms. The van der Waals surface area contributed by atoms with E-state index in [0.29, 0.717) is 6.42 Å². The van der Waals surface area contributed by atoms with Crippen molar-refractivity contribution in [1.29, 1.82) is 0 Å². The van der Waals surface area contributed by atoms with Gasteiger partial charge in [-0.05, 0) is 24.7 Å². The molecule has 0 aliphatic heterocycles. The lowest BCUT2D eigenvalue weighted by Crippen LogP contribution is -2.47. The fourth-order valence-electron chi connectivity index (χ4n) is 2.49. The number of esters is 1. The van der Waals surface area contributed by atoms with Crippen LogP contribution in [0.25, 0.3) is 0 Å². The SMILES string of the molecule is CC[C@@H](C(=O)NC(CO)C(=O)OC)C(C)C.CC[C@@H](C(=O)O)C(C)C. The van der Waals surface area contributed by atoms with Gasteiger partial charge < -0.3 is 20.3 Å². The van der Waals surface area contributed by atoms with Gasteiger partial charge in [0, 0.05) is 5.92 Å². The van der Waals surface area contributed by atoms with Crippen LogP contribution in [0.15, 0.2) is 0 Å². The number of methoxy groups -OCH3 is 1. The van der Waals surface area contributed by atoms with Crippen LogP contribution in [0.2, 0.25) is 0 Å². The first-order valence-electron chi connectivity index (χ1n) is 8.78. The van der Waals surface area contributed by atoms with Crippen LogP contribution in [0.1, 0.15) is 54.4 Å². The monoisotopic (exact) mass is 361 g/mol. The summed E-state index contributed by atoms with van der Waals surface area (Å²) in [5, 5.41) is 20.0. The molecule has 0 bridgehead atoms. The molecular weight excluding hydrogens is 326 g/mol. The average molecular weight is 361 g/mol. The normalized spacial score (nSPS) is 14.2. The van der Waals surface area contributed by atoms with Crippen LogP contribution in [0, 0.1) is 23.7 Å². The van der Waals surface area contributed by atoms with Gasteiger partial charge in [-0.3, -0.25) is 9.59 Å². The number of aliphatic hydroxyl groups is 1. The van der Waals surface area contributed by atoms with Gasteiger partial charge in [0.2, 0.25) is 5.91 Å². The number of aliphatic hydroxyl groups excluding tert-OH is 1. The summed E-state index contributed by atoms with van der Waals surface area (Å²) in [6.07, 6.45) is 1.43. The minimum atomic E-state index is -0.967. The van der Waals surface area contributed by atoms with Crippen LogP contribution in [-0.4, -0.2) is 47.8 Å². The molecule has 3 atom stereocenters. The number of hydrogen-bond donors (Lipinski definition) is 3. The molecule has 0 aromatic rings. The Morgan fingerprint density at radius 1 is 0.960 bits per heavy atom. The van der Waals surface area contributed by atoms with E-state index in [2.05, 4.69) is 10.1 Å². The number of nitrogens with one attached hydrogen (secondary N) is 1. The van der Waals surface area contributed by atoms with Gasteiger partial charge in [-0.1, -0.05) is 41.5 Å². The van der Waals surface area contributed by atoms with Gasteiger partial charge >= 0.3 is 11.9 Å². The summed E-state index contributed by atoms with van der Waals surface area (Å²) in [7, 11) is 1.22. The summed E-state index contributed by atoms with van der Waals surface area (Å²) >= 11 is 0. The first-order chi connectivity index (χ1) is 11.6. The molecule has 0 radical (unpaired) electrons. The highest BCUT2D eigenvalue weighted by atomic mass is 16.5. The van der Waals surface area contributed by atoms with Crippen LogP contribution >= 0.6 is 0 Å². The van der Waals surface area contributed by atoms with Crippen molar-refractivity contribution in [2.24, 2.45) is 23.7 Å². The number of amides is 1. The van der Waals surface area contributed by atoms with Crippen molar-refractivity contribution in [1.82, 2.24) is 5.32 Å². The summed E-state index contributed by atoms with van der Waals surface area (Å²) in [4.78, 5) is 33.3. The Morgan fingerprint density at radius 3 is 1.60 bits per heavy atom. The summed E-state index contributed by atoms with van der Waals surface area (Å²) in [5.74, 6) is -1.39. The highest BCUT2D eigenvalue weighted by Crippen LogP contribution is 2.15. The molecule has 0 aliphatic carbocycles. The van der Waals surface area contributed by atoms with E-state index in [9.17, 15) is 14.4 Å². The van der Waals surface area contributed by atoms with Crippen LogP contribution < -0.4 is 5.32 Å². The predicted octanol–water partition coefficient (Wildman–Crippen LogP) is 2.07. The summed E-state index contributed by atoms with van der Waals surface area (Å²) in [6.45, 7) is 11.1. The number of carboxylic acid groups (broad SMARTS) is 1. The van der Waals surface area contributed by atoms with Crippen LogP contribution in [0.4, 0.5) is 0 Å². The van der Waals surface area contributed by atoms with E-state index in [1.807, 2.05) is 41.5 Å². The summed E-state index contributed by atoms with van der Waals surface area (Å²) in [6, 6.07) is -0.967. The van der Waals surface area contributed by atoms with Crippen LogP contribution in [0.3, 0.4) is 0 Å². The Bertz CT molecular complexity index is 408. The second-order valence-electron chi connectivity index (χ2n) is 6.62. The molecule has 7 heteroatoms. The third-order valence-corrected chi connectivity index (χ3v) is 4.13. The molecule has 0 rings (SSSR count). The fraction of sp³-hybridized carbons (Fsp3) is 0.833. The molecule has 0 heterocycles. The maximum atomic E-state index is 11.8. The molecule has 0 saturated carbocycles. The van der Waals surface area contributed by atoms with Crippen molar-refractivity contribution in [2.75, 3.05) is 13.7 Å².